The standard InChI is InChI=1S/C13H11NO6/c1-7-9(13(15)16)6-11(20-7)8-4-3-5-10(14(17)18)12(8)19-2/h3-6H,1-2H3,(H,15,16). The van der Waals surface area contributed by atoms with Gasteiger partial charge in [-0.2, -0.15) is 0 Å². The number of nitrogens with zero attached hydrogens (tertiary/aromatic N) is 1. The molecule has 20 heavy (non-hydrogen) atoms. The first-order chi connectivity index (χ1) is 9.45. The largest absolute Gasteiger partial charge is 0.490 e. The van der Waals surface area contributed by atoms with Crippen molar-refractivity contribution < 1.29 is 24.0 Å². The number of aromatic carboxylic acids is 1. The van der Waals surface area contributed by atoms with Crippen LogP contribution in [0.2, 0.25) is 0 Å². The van der Waals surface area contributed by atoms with Gasteiger partial charge < -0.3 is 14.3 Å². The Bertz CT molecular complexity index is 688. The lowest BCUT2D eigenvalue weighted by Gasteiger charge is -2.06. The number of furan rings is 1. The van der Waals surface area contributed by atoms with Crippen LogP contribution in [0, 0.1) is 17.0 Å². The number of carboxylic acids is 1. The molecule has 0 radical (unpaired) electrons. The Kier molecular flexibility index (Phi) is 3.43. The van der Waals surface area contributed by atoms with Crippen molar-refractivity contribution in [3.8, 4) is 17.1 Å². The molecule has 0 amide bonds. The summed E-state index contributed by atoms with van der Waals surface area (Å²) >= 11 is 0. The summed E-state index contributed by atoms with van der Waals surface area (Å²) in [5.41, 5.74) is 0.127. The second-order valence-electron chi connectivity index (χ2n) is 4.00. The minimum Gasteiger partial charge on any atom is -0.490 e. The normalized spacial score (nSPS) is 10.3. The van der Waals surface area contributed by atoms with Crippen molar-refractivity contribution >= 4 is 11.7 Å². The van der Waals surface area contributed by atoms with E-state index in [2.05, 4.69) is 0 Å². The molecule has 1 N–H and O–H groups in total. The second kappa shape index (κ2) is 5.04. The maximum atomic E-state index is 11.0. The summed E-state index contributed by atoms with van der Waals surface area (Å²) in [7, 11) is 1.31. The zero-order valence-electron chi connectivity index (χ0n) is 10.7. The molecule has 7 nitrogen and oxygen atoms in total. The molecule has 1 aromatic heterocycles. The van der Waals surface area contributed by atoms with E-state index in [0.29, 0.717) is 5.56 Å². The lowest BCUT2D eigenvalue weighted by molar-refractivity contribution is -0.385. The van der Waals surface area contributed by atoms with Crippen LogP contribution >= 0.6 is 0 Å². The molecule has 0 unspecified atom stereocenters. The van der Waals surface area contributed by atoms with Gasteiger partial charge in [0, 0.05) is 6.07 Å². The number of para-hydroxylation sites is 1. The maximum absolute atomic E-state index is 11.0. The van der Waals surface area contributed by atoms with E-state index in [0.717, 1.165) is 0 Å². The number of hydrogen-bond acceptors (Lipinski definition) is 5. The van der Waals surface area contributed by atoms with Crippen LogP contribution < -0.4 is 4.74 Å². The summed E-state index contributed by atoms with van der Waals surface area (Å²) in [6.45, 7) is 1.51. The highest BCUT2D eigenvalue weighted by atomic mass is 16.6. The maximum Gasteiger partial charge on any atom is 0.339 e. The molecule has 2 rings (SSSR count). The van der Waals surface area contributed by atoms with Crippen LogP contribution in [-0.2, 0) is 0 Å². The molecule has 1 aromatic carbocycles. The van der Waals surface area contributed by atoms with Crippen molar-refractivity contribution in [1.82, 2.24) is 0 Å². The smallest absolute Gasteiger partial charge is 0.339 e. The number of carboxylic acid groups (broad SMARTS) is 1. The number of rotatable bonds is 4. The average Bonchev–Trinajstić information content (AvgIpc) is 2.79. The molecule has 0 aliphatic rings. The van der Waals surface area contributed by atoms with E-state index in [9.17, 15) is 14.9 Å². The quantitative estimate of drug-likeness (QED) is 0.680. The fourth-order valence-corrected chi connectivity index (χ4v) is 1.90. The van der Waals surface area contributed by atoms with Crippen LogP contribution in [0.3, 0.4) is 0 Å². The highest BCUT2D eigenvalue weighted by Gasteiger charge is 2.23. The summed E-state index contributed by atoms with van der Waals surface area (Å²) in [5, 5.41) is 19.9. The third-order valence-electron chi connectivity index (χ3n) is 2.81. The average molecular weight is 277 g/mol. The fraction of sp³-hybridized carbons (Fsp3) is 0.154. The molecule has 0 atom stereocenters. The molecule has 0 aliphatic heterocycles. The van der Waals surface area contributed by atoms with E-state index in [4.69, 9.17) is 14.3 Å². The van der Waals surface area contributed by atoms with Crippen molar-refractivity contribution in [2.75, 3.05) is 7.11 Å². The Morgan fingerprint density at radius 1 is 1.45 bits per heavy atom. The van der Waals surface area contributed by atoms with Gasteiger partial charge in [-0.3, -0.25) is 10.1 Å². The first-order valence-corrected chi connectivity index (χ1v) is 5.61. The van der Waals surface area contributed by atoms with Gasteiger partial charge in [0.25, 0.3) is 0 Å². The van der Waals surface area contributed by atoms with Gasteiger partial charge in [-0.25, -0.2) is 4.79 Å². The third kappa shape index (κ3) is 2.20. The Morgan fingerprint density at radius 3 is 2.65 bits per heavy atom. The Morgan fingerprint density at radius 2 is 2.15 bits per heavy atom. The van der Waals surface area contributed by atoms with E-state index in [1.54, 1.807) is 6.07 Å². The summed E-state index contributed by atoms with van der Waals surface area (Å²) in [6.07, 6.45) is 0. The van der Waals surface area contributed by atoms with Gasteiger partial charge in [0.2, 0.25) is 5.75 Å². The van der Waals surface area contributed by atoms with Crippen LogP contribution in [0.25, 0.3) is 11.3 Å². The van der Waals surface area contributed by atoms with E-state index in [1.807, 2.05) is 0 Å². The molecule has 0 bridgehead atoms. The van der Waals surface area contributed by atoms with Gasteiger partial charge in [0.1, 0.15) is 17.1 Å². The van der Waals surface area contributed by atoms with Crippen molar-refractivity contribution in [3.05, 3.63) is 45.7 Å². The molecule has 0 saturated heterocycles. The predicted molar refractivity (Wildman–Crippen MR) is 69.0 cm³/mol. The van der Waals surface area contributed by atoms with Crippen LogP contribution in [0.15, 0.2) is 28.7 Å². The predicted octanol–water partition coefficient (Wildman–Crippen LogP) is 2.87. The molecule has 1 heterocycles. The SMILES string of the molecule is COc1c(-c2cc(C(=O)O)c(C)o2)cccc1[N+](=O)[O-]. The number of aryl methyl sites for hydroxylation is 1. The van der Waals surface area contributed by atoms with Crippen molar-refractivity contribution in [3.63, 3.8) is 0 Å². The zero-order valence-corrected chi connectivity index (χ0v) is 10.7. The molecule has 2 aromatic rings. The highest BCUT2D eigenvalue weighted by Crippen LogP contribution is 2.38. The van der Waals surface area contributed by atoms with Crippen molar-refractivity contribution in [1.29, 1.82) is 0 Å². The van der Waals surface area contributed by atoms with Gasteiger partial charge in [-0.05, 0) is 19.1 Å². The summed E-state index contributed by atoms with van der Waals surface area (Å²) in [6, 6.07) is 5.67. The van der Waals surface area contributed by atoms with Gasteiger partial charge in [-0.1, -0.05) is 6.07 Å². The monoisotopic (exact) mass is 277 g/mol. The molecule has 7 heteroatoms. The number of ether oxygens (including phenoxy) is 1. The minimum atomic E-state index is -1.12. The summed E-state index contributed by atoms with van der Waals surface area (Å²) in [4.78, 5) is 21.4. The number of hydrogen-bond donors (Lipinski definition) is 1. The Labute approximate surface area is 113 Å². The van der Waals surface area contributed by atoms with E-state index in [-0.39, 0.29) is 28.5 Å². The first kappa shape index (κ1) is 13.6. The van der Waals surface area contributed by atoms with Crippen LogP contribution in [0.1, 0.15) is 16.1 Å². The first-order valence-electron chi connectivity index (χ1n) is 5.61. The zero-order chi connectivity index (χ0) is 14.9. The molecule has 104 valence electrons. The van der Waals surface area contributed by atoms with Gasteiger partial charge in [0.05, 0.1) is 17.6 Å². The molecular formula is C13H11NO6. The number of nitro benzene ring substituents is 1. The van der Waals surface area contributed by atoms with E-state index in [1.165, 1.54) is 32.2 Å². The lowest BCUT2D eigenvalue weighted by Crippen LogP contribution is -1.96. The Hall–Kier alpha value is -2.83. The molecule has 0 aliphatic carbocycles. The van der Waals surface area contributed by atoms with E-state index >= 15 is 0 Å². The highest BCUT2D eigenvalue weighted by molar-refractivity contribution is 5.90. The van der Waals surface area contributed by atoms with Gasteiger partial charge >= 0.3 is 11.7 Å². The molecular weight excluding hydrogens is 266 g/mol. The topological polar surface area (TPSA) is 103 Å². The molecule has 0 fully saturated rings. The second-order valence-corrected chi connectivity index (χ2v) is 4.00. The minimum absolute atomic E-state index is 0.00793. The number of nitro groups is 1. The molecule has 0 saturated carbocycles. The summed E-state index contributed by atoms with van der Waals surface area (Å²) < 4.78 is 10.4. The summed E-state index contributed by atoms with van der Waals surface area (Å²) in [5.74, 6) is -0.661. The number of methoxy groups -OCH3 is 1. The van der Waals surface area contributed by atoms with Gasteiger partial charge in [0.15, 0.2) is 0 Å². The third-order valence-corrected chi connectivity index (χ3v) is 2.81. The van der Waals surface area contributed by atoms with Crippen molar-refractivity contribution in [2.45, 2.75) is 6.92 Å². The number of carbonyl (C=O) groups is 1. The molecule has 0 spiro atoms. The lowest BCUT2D eigenvalue weighted by atomic mass is 10.1. The number of benzene rings is 1. The van der Waals surface area contributed by atoms with Crippen molar-refractivity contribution in [2.24, 2.45) is 0 Å². The Balaban J connectivity index is 2.64. The van der Waals surface area contributed by atoms with Crippen LogP contribution in [0.4, 0.5) is 5.69 Å². The fourth-order valence-electron chi connectivity index (χ4n) is 1.90. The van der Waals surface area contributed by atoms with E-state index < -0.39 is 10.9 Å². The van der Waals surface area contributed by atoms with Gasteiger partial charge in [-0.15, -0.1) is 0 Å². The van der Waals surface area contributed by atoms with Crippen LogP contribution in [-0.4, -0.2) is 23.1 Å². The van der Waals surface area contributed by atoms with Crippen LogP contribution in [0.5, 0.6) is 5.75 Å².